The van der Waals surface area contributed by atoms with Crippen LogP contribution in [0.3, 0.4) is 0 Å². The molecule has 2 heterocycles. The molecule has 1 N–H and O–H groups in total. The number of nitrogens with one attached hydrogen (secondary N) is 1. The molecule has 0 bridgehead atoms. The van der Waals surface area contributed by atoms with Gasteiger partial charge < -0.3 is 15.1 Å². The van der Waals surface area contributed by atoms with Crippen molar-refractivity contribution in [1.82, 2.24) is 20.2 Å². The normalized spacial score (nSPS) is 15.7. The summed E-state index contributed by atoms with van der Waals surface area (Å²) in [6.07, 6.45) is 2.79. The summed E-state index contributed by atoms with van der Waals surface area (Å²) >= 11 is 0. The lowest BCUT2D eigenvalue weighted by Gasteiger charge is -2.34. The van der Waals surface area contributed by atoms with Crippen molar-refractivity contribution in [3.63, 3.8) is 0 Å². The molecule has 7 nitrogen and oxygen atoms in total. The van der Waals surface area contributed by atoms with Gasteiger partial charge in [-0.3, -0.25) is 14.6 Å². The number of aromatic nitrogens is 2. The predicted octanol–water partition coefficient (Wildman–Crippen LogP) is 2.07. The molecular formula is C20H27N5O2. The standard InChI is InChI=1S/C20H27N5O2/c1-4-14(2)12-22-20(27)16-5-6-17-18(11-16)23-19(13-21-17)25-9-7-24(8-10-25)15(3)26/h5-6,11,13-14H,4,7-10,12H2,1-3H3,(H,22,27)/t14-/m0/s1. The van der Waals surface area contributed by atoms with E-state index >= 15 is 0 Å². The summed E-state index contributed by atoms with van der Waals surface area (Å²) in [6.45, 7) is 9.33. The Kier molecular flexibility index (Phi) is 5.88. The summed E-state index contributed by atoms with van der Waals surface area (Å²) in [5.74, 6) is 1.25. The average molecular weight is 369 g/mol. The van der Waals surface area contributed by atoms with Crippen molar-refractivity contribution in [2.45, 2.75) is 27.2 Å². The number of rotatable bonds is 5. The van der Waals surface area contributed by atoms with Gasteiger partial charge in [0.2, 0.25) is 5.91 Å². The van der Waals surface area contributed by atoms with Gasteiger partial charge >= 0.3 is 0 Å². The zero-order valence-corrected chi connectivity index (χ0v) is 16.2. The van der Waals surface area contributed by atoms with Crippen molar-refractivity contribution in [2.75, 3.05) is 37.6 Å². The fraction of sp³-hybridized carbons (Fsp3) is 0.500. The molecule has 0 radical (unpaired) electrons. The van der Waals surface area contributed by atoms with Gasteiger partial charge in [0.25, 0.3) is 5.91 Å². The van der Waals surface area contributed by atoms with Gasteiger partial charge in [-0.15, -0.1) is 0 Å². The molecule has 1 saturated heterocycles. The Hall–Kier alpha value is -2.70. The summed E-state index contributed by atoms with van der Waals surface area (Å²) < 4.78 is 0. The van der Waals surface area contributed by atoms with Gasteiger partial charge in [-0.25, -0.2) is 4.98 Å². The van der Waals surface area contributed by atoms with E-state index in [-0.39, 0.29) is 11.8 Å². The predicted molar refractivity (Wildman–Crippen MR) is 106 cm³/mol. The van der Waals surface area contributed by atoms with E-state index in [9.17, 15) is 9.59 Å². The second kappa shape index (κ2) is 8.33. The molecule has 1 atom stereocenters. The quantitative estimate of drug-likeness (QED) is 0.873. The Morgan fingerprint density at radius 2 is 1.93 bits per heavy atom. The molecule has 1 aliphatic heterocycles. The molecule has 0 unspecified atom stereocenters. The maximum atomic E-state index is 12.4. The number of carbonyl (C=O) groups is 2. The van der Waals surface area contributed by atoms with Crippen LogP contribution in [0.25, 0.3) is 11.0 Å². The largest absolute Gasteiger partial charge is 0.352 e. The Morgan fingerprint density at radius 1 is 1.19 bits per heavy atom. The molecule has 144 valence electrons. The Balaban J connectivity index is 1.74. The molecule has 3 rings (SSSR count). The van der Waals surface area contributed by atoms with Crippen LogP contribution in [0.4, 0.5) is 5.82 Å². The molecule has 7 heteroatoms. The minimum Gasteiger partial charge on any atom is -0.352 e. The SMILES string of the molecule is CC[C@H](C)CNC(=O)c1ccc2ncc(N3CCN(C(C)=O)CC3)nc2c1. The van der Waals surface area contributed by atoms with Crippen LogP contribution in [0.15, 0.2) is 24.4 Å². The number of fused-ring (bicyclic) bond motifs is 1. The lowest BCUT2D eigenvalue weighted by Crippen LogP contribution is -2.48. The van der Waals surface area contributed by atoms with Crippen molar-refractivity contribution in [2.24, 2.45) is 5.92 Å². The van der Waals surface area contributed by atoms with Crippen molar-refractivity contribution >= 4 is 28.7 Å². The Morgan fingerprint density at radius 3 is 2.59 bits per heavy atom. The summed E-state index contributed by atoms with van der Waals surface area (Å²) in [7, 11) is 0. The van der Waals surface area contributed by atoms with Crippen LogP contribution in [-0.4, -0.2) is 59.4 Å². The number of benzene rings is 1. The minimum absolute atomic E-state index is 0.0838. The van der Waals surface area contributed by atoms with Crippen molar-refractivity contribution in [3.05, 3.63) is 30.0 Å². The molecule has 1 aromatic heterocycles. The average Bonchev–Trinajstić information content (AvgIpc) is 2.70. The lowest BCUT2D eigenvalue weighted by atomic mass is 10.1. The second-order valence-electron chi connectivity index (χ2n) is 7.15. The van der Waals surface area contributed by atoms with Crippen LogP contribution in [0.2, 0.25) is 0 Å². The van der Waals surface area contributed by atoms with Crippen LogP contribution in [0.1, 0.15) is 37.6 Å². The Labute approximate surface area is 159 Å². The third kappa shape index (κ3) is 4.53. The first-order valence-electron chi connectivity index (χ1n) is 9.53. The van der Waals surface area contributed by atoms with Gasteiger partial charge in [-0.1, -0.05) is 20.3 Å². The number of nitrogens with zero attached hydrogens (tertiary/aromatic N) is 4. The molecular weight excluding hydrogens is 342 g/mol. The third-order valence-corrected chi connectivity index (χ3v) is 5.15. The maximum absolute atomic E-state index is 12.4. The summed E-state index contributed by atoms with van der Waals surface area (Å²) in [4.78, 5) is 37.0. The topological polar surface area (TPSA) is 78.4 Å². The van der Waals surface area contributed by atoms with Gasteiger partial charge in [0.05, 0.1) is 17.2 Å². The molecule has 1 aromatic carbocycles. The van der Waals surface area contributed by atoms with E-state index in [0.717, 1.165) is 30.8 Å². The van der Waals surface area contributed by atoms with E-state index in [1.807, 2.05) is 11.0 Å². The van der Waals surface area contributed by atoms with E-state index in [4.69, 9.17) is 4.98 Å². The highest BCUT2D eigenvalue weighted by molar-refractivity contribution is 5.97. The minimum atomic E-state index is -0.0838. The molecule has 0 spiro atoms. The fourth-order valence-corrected chi connectivity index (χ4v) is 3.06. The second-order valence-corrected chi connectivity index (χ2v) is 7.15. The highest BCUT2D eigenvalue weighted by Crippen LogP contribution is 2.18. The van der Waals surface area contributed by atoms with E-state index in [1.54, 1.807) is 25.3 Å². The van der Waals surface area contributed by atoms with Gasteiger partial charge in [-0.05, 0) is 24.1 Å². The van der Waals surface area contributed by atoms with Crippen LogP contribution in [0.5, 0.6) is 0 Å². The molecule has 2 amide bonds. The highest BCUT2D eigenvalue weighted by atomic mass is 16.2. The summed E-state index contributed by atoms with van der Waals surface area (Å²) in [5, 5.41) is 2.97. The number of piperazine rings is 1. The Bertz CT molecular complexity index is 830. The van der Waals surface area contributed by atoms with Crippen LogP contribution in [-0.2, 0) is 4.79 Å². The number of hydrogen-bond acceptors (Lipinski definition) is 5. The van der Waals surface area contributed by atoms with Crippen LogP contribution in [0, 0.1) is 5.92 Å². The van der Waals surface area contributed by atoms with Gasteiger partial charge in [0, 0.05) is 45.2 Å². The van der Waals surface area contributed by atoms with E-state index < -0.39 is 0 Å². The van der Waals surface area contributed by atoms with Crippen molar-refractivity contribution < 1.29 is 9.59 Å². The van der Waals surface area contributed by atoms with Crippen molar-refractivity contribution in [1.29, 1.82) is 0 Å². The monoisotopic (exact) mass is 369 g/mol. The molecule has 1 fully saturated rings. The summed E-state index contributed by atoms with van der Waals surface area (Å²) in [5.41, 5.74) is 2.07. The molecule has 2 aromatic rings. The number of anilines is 1. The van der Waals surface area contributed by atoms with Crippen LogP contribution >= 0.6 is 0 Å². The van der Waals surface area contributed by atoms with E-state index in [0.29, 0.717) is 36.6 Å². The highest BCUT2D eigenvalue weighted by Gasteiger charge is 2.20. The number of hydrogen-bond donors (Lipinski definition) is 1. The maximum Gasteiger partial charge on any atom is 0.251 e. The first-order chi connectivity index (χ1) is 13.0. The zero-order valence-electron chi connectivity index (χ0n) is 16.2. The molecule has 0 aliphatic carbocycles. The zero-order chi connectivity index (χ0) is 19.4. The van der Waals surface area contributed by atoms with E-state index in [1.165, 1.54) is 0 Å². The summed E-state index contributed by atoms with van der Waals surface area (Å²) in [6, 6.07) is 5.41. The third-order valence-electron chi connectivity index (χ3n) is 5.15. The van der Waals surface area contributed by atoms with Gasteiger partial charge in [0.15, 0.2) is 0 Å². The fourth-order valence-electron chi connectivity index (χ4n) is 3.06. The van der Waals surface area contributed by atoms with Gasteiger partial charge in [-0.2, -0.15) is 0 Å². The van der Waals surface area contributed by atoms with Crippen molar-refractivity contribution in [3.8, 4) is 0 Å². The molecule has 1 aliphatic rings. The number of amides is 2. The van der Waals surface area contributed by atoms with Crippen LogP contribution < -0.4 is 10.2 Å². The first-order valence-corrected chi connectivity index (χ1v) is 9.53. The number of carbonyl (C=O) groups excluding carboxylic acids is 2. The first kappa shape index (κ1) is 19.1. The smallest absolute Gasteiger partial charge is 0.251 e. The molecule has 0 saturated carbocycles. The lowest BCUT2D eigenvalue weighted by molar-refractivity contribution is -0.129. The van der Waals surface area contributed by atoms with E-state index in [2.05, 4.69) is 29.0 Å². The molecule has 27 heavy (non-hydrogen) atoms. The van der Waals surface area contributed by atoms with Gasteiger partial charge in [0.1, 0.15) is 5.82 Å².